The number of carbonyl (C=O) groups excluding carboxylic acids is 3. The first-order valence-electron chi connectivity index (χ1n) is 7.80. The Morgan fingerprint density at radius 2 is 1.88 bits per heavy atom. The fourth-order valence-electron chi connectivity index (χ4n) is 2.70. The largest absolute Gasteiger partial charge is 0.453 e. The first-order chi connectivity index (χ1) is 12.0. The van der Waals surface area contributed by atoms with Crippen LogP contribution < -0.4 is 5.32 Å². The van der Waals surface area contributed by atoms with Crippen LogP contribution in [0.3, 0.4) is 0 Å². The molecule has 1 aromatic heterocycles. The number of alkyl carbamates (subject to hydrolysis) is 1. The molecule has 0 fully saturated rings. The fraction of sp³-hybridized carbons (Fsp3) is 0.278. The van der Waals surface area contributed by atoms with Crippen molar-refractivity contribution < 1.29 is 23.9 Å². The number of hydrogen-bond donors (Lipinski definition) is 1. The smallest absolute Gasteiger partial charge is 0.413 e. The zero-order valence-corrected chi connectivity index (χ0v) is 14.6. The molecule has 25 heavy (non-hydrogen) atoms. The van der Waals surface area contributed by atoms with E-state index in [1.54, 1.807) is 0 Å². The minimum atomic E-state index is -1.10. The molecule has 2 aromatic rings. The number of imide groups is 1. The summed E-state index contributed by atoms with van der Waals surface area (Å²) >= 11 is 1.36. The Kier molecular flexibility index (Phi) is 4.85. The Morgan fingerprint density at radius 1 is 1.16 bits per heavy atom. The van der Waals surface area contributed by atoms with Gasteiger partial charge in [-0.2, -0.15) is 0 Å². The maximum atomic E-state index is 12.3. The maximum absolute atomic E-state index is 12.3. The third-order valence-corrected chi connectivity index (χ3v) is 5.19. The summed E-state index contributed by atoms with van der Waals surface area (Å²) < 4.78 is 9.50. The lowest BCUT2D eigenvalue weighted by Gasteiger charge is -2.15. The van der Waals surface area contributed by atoms with Crippen LogP contribution in [0.1, 0.15) is 27.7 Å². The van der Waals surface area contributed by atoms with Crippen molar-refractivity contribution in [1.29, 1.82) is 0 Å². The van der Waals surface area contributed by atoms with Crippen molar-refractivity contribution in [2.24, 2.45) is 0 Å². The summed E-state index contributed by atoms with van der Waals surface area (Å²) in [4.78, 5) is 36.6. The highest BCUT2D eigenvalue weighted by atomic mass is 32.1. The average Bonchev–Trinajstić information content (AvgIpc) is 3.06. The Bertz CT molecular complexity index is 842. The van der Waals surface area contributed by atoms with Crippen LogP contribution >= 0.6 is 11.3 Å². The van der Waals surface area contributed by atoms with E-state index in [0.29, 0.717) is 4.88 Å². The molecule has 1 atom stereocenters. The first kappa shape index (κ1) is 17.2. The summed E-state index contributed by atoms with van der Waals surface area (Å²) in [6.07, 6.45) is -0.185. The van der Waals surface area contributed by atoms with Crippen LogP contribution in [0, 0.1) is 0 Å². The van der Waals surface area contributed by atoms with Gasteiger partial charge in [-0.1, -0.05) is 24.3 Å². The second-order valence-electron chi connectivity index (χ2n) is 5.65. The van der Waals surface area contributed by atoms with E-state index in [0.717, 1.165) is 36.0 Å². The van der Waals surface area contributed by atoms with E-state index in [9.17, 15) is 14.4 Å². The number of nitrogens with one attached hydrogen (secondary N) is 1. The fourth-order valence-corrected chi connectivity index (χ4v) is 3.85. The van der Waals surface area contributed by atoms with Gasteiger partial charge in [-0.25, -0.2) is 9.59 Å². The molecule has 0 saturated carbocycles. The van der Waals surface area contributed by atoms with Gasteiger partial charge in [0.25, 0.3) is 5.91 Å². The monoisotopic (exact) mass is 359 g/mol. The standard InChI is InChI=1S/C18H17NO5S/c1-10(16(20)19-18(22)23-2)24-17(21)14-9-12-8-7-11-5-3-4-6-13(11)15(12)25-14/h3-6,9-10H,7-8H2,1-2H3,(H,19,20,22)/t10-/m1/s1. The van der Waals surface area contributed by atoms with Gasteiger partial charge < -0.3 is 9.47 Å². The summed E-state index contributed by atoms with van der Waals surface area (Å²) in [6, 6.07) is 9.95. The lowest BCUT2D eigenvalue weighted by molar-refractivity contribution is -0.128. The molecular weight excluding hydrogens is 342 g/mol. The quantitative estimate of drug-likeness (QED) is 0.852. The SMILES string of the molecule is COC(=O)NC(=O)[C@@H](C)OC(=O)c1cc2c(s1)-c1ccccc1CC2. The minimum absolute atomic E-state index is 0.444. The average molecular weight is 359 g/mol. The van der Waals surface area contributed by atoms with Gasteiger partial charge in [0.2, 0.25) is 0 Å². The van der Waals surface area contributed by atoms with Gasteiger partial charge in [0, 0.05) is 4.88 Å². The van der Waals surface area contributed by atoms with E-state index in [1.165, 1.54) is 23.8 Å². The number of methoxy groups -OCH3 is 1. The highest BCUT2D eigenvalue weighted by molar-refractivity contribution is 7.17. The molecule has 7 heteroatoms. The third-order valence-electron chi connectivity index (χ3n) is 4.00. The van der Waals surface area contributed by atoms with Crippen molar-refractivity contribution in [1.82, 2.24) is 5.32 Å². The van der Waals surface area contributed by atoms with Gasteiger partial charge in [0.1, 0.15) is 4.88 Å². The molecule has 0 saturated heterocycles. The van der Waals surface area contributed by atoms with E-state index in [1.807, 2.05) is 29.6 Å². The second-order valence-corrected chi connectivity index (χ2v) is 6.70. The zero-order valence-electron chi connectivity index (χ0n) is 13.8. The van der Waals surface area contributed by atoms with E-state index < -0.39 is 24.1 Å². The van der Waals surface area contributed by atoms with E-state index >= 15 is 0 Å². The van der Waals surface area contributed by atoms with Crippen LogP contribution in [0.25, 0.3) is 10.4 Å². The van der Waals surface area contributed by atoms with Crippen molar-refractivity contribution in [3.63, 3.8) is 0 Å². The summed E-state index contributed by atoms with van der Waals surface area (Å²) in [5, 5.41) is 1.97. The molecule has 1 N–H and O–H groups in total. The molecule has 6 nitrogen and oxygen atoms in total. The Morgan fingerprint density at radius 3 is 2.64 bits per heavy atom. The number of esters is 1. The molecule has 1 aromatic carbocycles. The molecule has 3 rings (SSSR count). The van der Waals surface area contributed by atoms with Crippen LogP contribution in [-0.4, -0.2) is 31.2 Å². The molecule has 1 aliphatic rings. The Labute approximate surface area is 148 Å². The van der Waals surface area contributed by atoms with Crippen LogP contribution in [0.4, 0.5) is 4.79 Å². The van der Waals surface area contributed by atoms with Crippen molar-refractivity contribution >= 4 is 29.3 Å². The van der Waals surface area contributed by atoms with Crippen LogP contribution in [0.5, 0.6) is 0 Å². The Balaban J connectivity index is 1.74. The number of fused-ring (bicyclic) bond motifs is 3. The van der Waals surface area contributed by atoms with Gasteiger partial charge in [0.15, 0.2) is 6.10 Å². The van der Waals surface area contributed by atoms with Crippen LogP contribution in [-0.2, 0) is 27.1 Å². The molecule has 1 heterocycles. The number of ether oxygens (including phenoxy) is 2. The lowest BCUT2D eigenvalue weighted by Crippen LogP contribution is -2.39. The summed E-state index contributed by atoms with van der Waals surface area (Å²) in [5.74, 6) is -1.31. The van der Waals surface area contributed by atoms with Gasteiger partial charge in [-0.15, -0.1) is 11.3 Å². The molecular formula is C18H17NO5S. The van der Waals surface area contributed by atoms with Gasteiger partial charge in [-0.05, 0) is 42.5 Å². The number of carbonyl (C=O) groups is 3. The zero-order chi connectivity index (χ0) is 18.0. The molecule has 1 aliphatic carbocycles. The molecule has 0 spiro atoms. The molecule has 0 aliphatic heterocycles. The number of benzene rings is 1. The van der Waals surface area contributed by atoms with E-state index in [4.69, 9.17) is 4.74 Å². The van der Waals surface area contributed by atoms with Crippen LogP contribution in [0.2, 0.25) is 0 Å². The number of amides is 2. The number of rotatable bonds is 3. The van der Waals surface area contributed by atoms with Gasteiger partial charge in [-0.3, -0.25) is 10.1 Å². The van der Waals surface area contributed by atoms with Crippen molar-refractivity contribution in [2.75, 3.05) is 7.11 Å². The predicted octanol–water partition coefficient (Wildman–Crippen LogP) is 2.94. The van der Waals surface area contributed by atoms with Gasteiger partial charge >= 0.3 is 12.1 Å². The first-order valence-corrected chi connectivity index (χ1v) is 8.62. The molecule has 0 radical (unpaired) electrons. The third kappa shape index (κ3) is 3.56. The highest BCUT2D eigenvalue weighted by Gasteiger charge is 2.25. The number of aryl methyl sites for hydroxylation is 2. The summed E-state index contributed by atoms with van der Waals surface area (Å²) in [7, 11) is 1.15. The Hall–Kier alpha value is -2.67. The molecule has 0 bridgehead atoms. The number of hydrogen-bond acceptors (Lipinski definition) is 6. The molecule has 130 valence electrons. The molecule has 0 unspecified atom stereocenters. The van der Waals surface area contributed by atoms with Gasteiger partial charge in [0.05, 0.1) is 7.11 Å². The van der Waals surface area contributed by atoms with Crippen molar-refractivity contribution in [3.05, 3.63) is 46.3 Å². The van der Waals surface area contributed by atoms with Crippen molar-refractivity contribution in [2.45, 2.75) is 25.9 Å². The summed E-state index contributed by atoms with van der Waals surface area (Å²) in [6.45, 7) is 1.40. The second kappa shape index (κ2) is 7.06. The number of thiophene rings is 1. The van der Waals surface area contributed by atoms with Crippen LogP contribution in [0.15, 0.2) is 30.3 Å². The highest BCUT2D eigenvalue weighted by Crippen LogP contribution is 2.39. The summed E-state index contributed by atoms with van der Waals surface area (Å²) in [5.41, 5.74) is 3.52. The predicted molar refractivity (Wildman–Crippen MR) is 92.6 cm³/mol. The lowest BCUT2D eigenvalue weighted by atomic mass is 9.91. The van der Waals surface area contributed by atoms with E-state index in [-0.39, 0.29) is 0 Å². The van der Waals surface area contributed by atoms with Crippen molar-refractivity contribution in [3.8, 4) is 10.4 Å². The maximum Gasteiger partial charge on any atom is 0.413 e. The normalized spacial score (nSPS) is 13.2. The topological polar surface area (TPSA) is 81.7 Å². The van der Waals surface area contributed by atoms with E-state index in [2.05, 4.69) is 10.8 Å². The molecule has 2 amide bonds. The minimum Gasteiger partial charge on any atom is -0.453 e.